The minimum Gasteiger partial charge on any atom is -0.370 e. The summed E-state index contributed by atoms with van der Waals surface area (Å²) >= 11 is 0. The molecule has 0 aliphatic carbocycles. The first kappa shape index (κ1) is 18.1. The molecule has 2 aromatic carbocycles. The van der Waals surface area contributed by atoms with Crippen LogP contribution in [0.5, 0.6) is 0 Å². The van der Waals surface area contributed by atoms with E-state index in [0.717, 1.165) is 12.1 Å². The van der Waals surface area contributed by atoms with Gasteiger partial charge in [0.1, 0.15) is 23.2 Å². The summed E-state index contributed by atoms with van der Waals surface area (Å²) in [4.78, 5) is 23.5. The summed E-state index contributed by atoms with van der Waals surface area (Å²) in [7, 11) is 0. The number of carbonyl (C=O) groups excluding carboxylic acids is 1. The molecule has 28 heavy (non-hydrogen) atoms. The number of carbonyl (C=O) groups is 1. The topological polar surface area (TPSA) is 58.1 Å². The van der Waals surface area contributed by atoms with E-state index in [1.54, 1.807) is 30.0 Å². The number of amides is 1. The molecular formula is C22H21FN4O. The molecule has 0 radical (unpaired) electrons. The van der Waals surface area contributed by atoms with Gasteiger partial charge in [0, 0.05) is 24.8 Å². The second kappa shape index (κ2) is 7.76. The van der Waals surface area contributed by atoms with Crippen LogP contribution in [-0.4, -0.2) is 29.0 Å². The van der Waals surface area contributed by atoms with Gasteiger partial charge in [-0.15, -0.1) is 0 Å². The molecule has 1 N–H and O–H groups in total. The molecule has 0 spiro atoms. The van der Waals surface area contributed by atoms with E-state index >= 15 is 0 Å². The number of rotatable bonds is 5. The van der Waals surface area contributed by atoms with E-state index in [4.69, 9.17) is 0 Å². The SMILES string of the molecule is Cc1nc(NCCc2ccccc2F)cc(C(=O)N2CCc3ccccc32)n1. The number of anilines is 2. The first-order chi connectivity index (χ1) is 13.6. The second-order valence-corrected chi connectivity index (χ2v) is 6.79. The van der Waals surface area contributed by atoms with E-state index in [1.165, 1.54) is 11.6 Å². The third-order valence-corrected chi connectivity index (χ3v) is 4.85. The van der Waals surface area contributed by atoms with E-state index < -0.39 is 0 Å². The van der Waals surface area contributed by atoms with Gasteiger partial charge in [0.05, 0.1) is 0 Å². The zero-order valence-electron chi connectivity index (χ0n) is 15.7. The predicted molar refractivity (Wildman–Crippen MR) is 107 cm³/mol. The van der Waals surface area contributed by atoms with Crippen molar-refractivity contribution in [3.63, 3.8) is 0 Å². The molecule has 1 amide bonds. The molecule has 0 unspecified atom stereocenters. The Morgan fingerprint density at radius 3 is 2.79 bits per heavy atom. The van der Waals surface area contributed by atoms with Crippen LogP contribution in [-0.2, 0) is 12.8 Å². The Morgan fingerprint density at radius 1 is 1.14 bits per heavy atom. The van der Waals surface area contributed by atoms with Gasteiger partial charge in [-0.1, -0.05) is 36.4 Å². The lowest BCUT2D eigenvalue weighted by molar-refractivity contribution is 0.0984. The van der Waals surface area contributed by atoms with Crippen LogP contribution >= 0.6 is 0 Å². The molecule has 0 fully saturated rings. The molecule has 1 aromatic heterocycles. The van der Waals surface area contributed by atoms with Crippen LogP contribution in [0.25, 0.3) is 0 Å². The predicted octanol–water partition coefficient (Wildman–Crippen LogP) is 3.78. The van der Waals surface area contributed by atoms with Crippen LogP contribution in [0, 0.1) is 12.7 Å². The standard InChI is InChI=1S/C22H21FN4O/c1-15-25-19(22(28)27-13-11-17-7-3-5-9-20(17)27)14-21(26-15)24-12-10-16-6-2-4-8-18(16)23/h2-9,14H,10-13H2,1H3,(H,24,25,26). The Morgan fingerprint density at radius 2 is 1.93 bits per heavy atom. The smallest absolute Gasteiger partial charge is 0.277 e. The molecular weight excluding hydrogens is 355 g/mol. The molecule has 6 heteroatoms. The van der Waals surface area contributed by atoms with Crippen molar-refractivity contribution in [3.05, 3.63) is 83.1 Å². The van der Waals surface area contributed by atoms with Crippen LogP contribution in [0.4, 0.5) is 15.9 Å². The van der Waals surface area contributed by atoms with Crippen LogP contribution in [0.1, 0.15) is 27.4 Å². The molecule has 142 valence electrons. The fourth-order valence-corrected chi connectivity index (χ4v) is 3.48. The number of aryl methyl sites for hydroxylation is 1. The summed E-state index contributed by atoms with van der Waals surface area (Å²) in [6.45, 7) is 2.92. The summed E-state index contributed by atoms with van der Waals surface area (Å²) in [5, 5.41) is 3.18. The first-order valence-corrected chi connectivity index (χ1v) is 9.34. The Hall–Kier alpha value is -3.28. The average Bonchev–Trinajstić information content (AvgIpc) is 3.12. The summed E-state index contributed by atoms with van der Waals surface area (Å²) in [5.41, 5.74) is 3.12. The van der Waals surface area contributed by atoms with Gasteiger partial charge < -0.3 is 10.2 Å². The molecule has 1 aliphatic rings. The molecule has 1 aliphatic heterocycles. The van der Waals surface area contributed by atoms with Crippen molar-refractivity contribution in [3.8, 4) is 0 Å². The third-order valence-electron chi connectivity index (χ3n) is 4.85. The van der Waals surface area contributed by atoms with Crippen molar-refractivity contribution >= 4 is 17.4 Å². The molecule has 4 rings (SSSR count). The highest BCUT2D eigenvalue weighted by molar-refractivity contribution is 6.06. The second-order valence-electron chi connectivity index (χ2n) is 6.79. The number of benzene rings is 2. The molecule has 3 aromatic rings. The van der Waals surface area contributed by atoms with Crippen LogP contribution in [0.3, 0.4) is 0 Å². The lowest BCUT2D eigenvalue weighted by Gasteiger charge is -2.17. The van der Waals surface area contributed by atoms with Crippen molar-refractivity contribution in [1.82, 2.24) is 9.97 Å². The third kappa shape index (κ3) is 3.71. The number of aromatic nitrogens is 2. The number of para-hydroxylation sites is 1. The summed E-state index contributed by atoms with van der Waals surface area (Å²) in [6.07, 6.45) is 1.37. The zero-order chi connectivity index (χ0) is 19.5. The van der Waals surface area contributed by atoms with Crippen LogP contribution in [0.15, 0.2) is 54.6 Å². The van der Waals surface area contributed by atoms with Gasteiger partial charge in [-0.3, -0.25) is 4.79 Å². The Kier molecular flexibility index (Phi) is 5.02. The largest absolute Gasteiger partial charge is 0.370 e. The van der Waals surface area contributed by atoms with Crippen LogP contribution < -0.4 is 10.2 Å². The first-order valence-electron chi connectivity index (χ1n) is 9.34. The summed E-state index contributed by atoms with van der Waals surface area (Å²) in [6, 6.07) is 16.3. The lowest BCUT2D eigenvalue weighted by atomic mass is 10.1. The van der Waals surface area contributed by atoms with E-state index in [-0.39, 0.29) is 11.7 Å². The van der Waals surface area contributed by atoms with Crippen molar-refractivity contribution in [1.29, 1.82) is 0 Å². The van der Waals surface area contributed by atoms with Gasteiger partial charge in [0.15, 0.2) is 0 Å². The van der Waals surface area contributed by atoms with Crippen molar-refractivity contribution in [2.24, 2.45) is 0 Å². The molecule has 5 nitrogen and oxygen atoms in total. The number of hydrogen-bond donors (Lipinski definition) is 1. The molecule has 2 heterocycles. The minimum atomic E-state index is -0.216. The molecule has 0 bridgehead atoms. The maximum absolute atomic E-state index is 13.7. The van der Waals surface area contributed by atoms with E-state index in [0.29, 0.717) is 42.4 Å². The Balaban J connectivity index is 1.48. The van der Waals surface area contributed by atoms with Crippen molar-refractivity contribution in [2.75, 3.05) is 23.3 Å². The summed E-state index contributed by atoms with van der Waals surface area (Å²) in [5.74, 6) is 0.741. The highest BCUT2D eigenvalue weighted by Gasteiger charge is 2.26. The maximum Gasteiger partial charge on any atom is 0.277 e. The quantitative estimate of drug-likeness (QED) is 0.736. The summed E-state index contributed by atoms with van der Waals surface area (Å²) < 4.78 is 13.7. The van der Waals surface area contributed by atoms with Crippen molar-refractivity contribution in [2.45, 2.75) is 19.8 Å². The highest BCUT2D eigenvalue weighted by atomic mass is 19.1. The van der Waals surface area contributed by atoms with Gasteiger partial charge in [-0.25, -0.2) is 14.4 Å². The number of halogens is 1. The fourth-order valence-electron chi connectivity index (χ4n) is 3.48. The van der Waals surface area contributed by atoms with Gasteiger partial charge in [0.2, 0.25) is 0 Å². The number of hydrogen-bond acceptors (Lipinski definition) is 4. The monoisotopic (exact) mass is 376 g/mol. The van der Waals surface area contributed by atoms with Gasteiger partial charge in [-0.05, 0) is 43.0 Å². The average molecular weight is 376 g/mol. The molecule has 0 saturated carbocycles. The molecule has 0 saturated heterocycles. The van der Waals surface area contributed by atoms with Gasteiger partial charge in [-0.2, -0.15) is 0 Å². The maximum atomic E-state index is 13.7. The lowest BCUT2D eigenvalue weighted by Crippen LogP contribution is -2.30. The number of nitrogens with one attached hydrogen (secondary N) is 1. The minimum absolute atomic E-state index is 0.132. The van der Waals surface area contributed by atoms with E-state index in [2.05, 4.69) is 15.3 Å². The highest BCUT2D eigenvalue weighted by Crippen LogP contribution is 2.28. The number of fused-ring (bicyclic) bond motifs is 1. The number of nitrogens with zero attached hydrogens (tertiary/aromatic N) is 3. The van der Waals surface area contributed by atoms with E-state index in [9.17, 15) is 9.18 Å². The fraction of sp³-hybridized carbons (Fsp3) is 0.227. The van der Waals surface area contributed by atoms with Crippen molar-refractivity contribution < 1.29 is 9.18 Å². The van der Waals surface area contributed by atoms with Gasteiger partial charge >= 0.3 is 0 Å². The Bertz CT molecular complexity index is 1020. The Labute approximate surface area is 163 Å². The van der Waals surface area contributed by atoms with E-state index in [1.807, 2.05) is 30.3 Å². The zero-order valence-corrected chi connectivity index (χ0v) is 15.7. The molecule has 0 atom stereocenters. The van der Waals surface area contributed by atoms with Gasteiger partial charge in [0.25, 0.3) is 5.91 Å². The normalized spacial score (nSPS) is 12.7. The van der Waals surface area contributed by atoms with Crippen LogP contribution in [0.2, 0.25) is 0 Å².